The molecule has 4 rings (SSSR count). The van der Waals surface area contributed by atoms with Gasteiger partial charge in [0.15, 0.2) is 5.65 Å². The predicted octanol–water partition coefficient (Wildman–Crippen LogP) is 2.98. The number of rotatable bonds is 3. The third-order valence-electron chi connectivity index (χ3n) is 5.22. The Bertz CT molecular complexity index is 995. The third-order valence-corrected chi connectivity index (χ3v) is 6.08. The molecule has 1 aliphatic rings. The van der Waals surface area contributed by atoms with Crippen LogP contribution in [0.1, 0.15) is 18.5 Å². The van der Waals surface area contributed by atoms with Gasteiger partial charge < -0.3 is 5.73 Å². The molecule has 0 radical (unpaired) electrons. The molecule has 9 heteroatoms. The van der Waals surface area contributed by atoms with Gasteiger partial charge in [-0.15, -0.1) is 0 Å². The van der Waals surface area contributed by atoms with Crippen LogP contribution < -0.4 is 5.73 Å². The van der Waals surface area contributed by atoms with Crippen LogP contribution in [-0.2, 0) is 13.5 Å². The van der Waals surface area contributed by atoms with E-state index in [0.29, 0.717) is 11.7 Å². The maximum Gasteiger partial charge on any atom is 0.267 e. The van der Waals surface area contributed by atoms with Gasteiger partial charge in [-0.1, -0.05) is 25.5 Å². The van der Waals surface area contributed by atoms with Crippen LogP contribution in [0.25, 0.3) is 16.8 Å². The molecule has 0 atom stereocenters. The van der Waals surface area contributed by atoms with Gasteiger partial charge in [0, 0.05) is 30.3 Å². The summed E-state index contributed by atoms with van der Waals surface area (Å²) < 4.78 is 4.24. The molecule has 1 aliphatic heterocycles. The van der Waals surface area contributed by atoms with Crippen LogP contribution >= 0.6 is 15.9 Å². The van der Waals surface area contributed by atoms with Crippen molar-refractivity contribution < 1.29 is 0 Å². The van der Waals surface area contributed by atoms with E-state index in [2.05, 4.69) is 32.1 Å². The number of nitrogens with two attached hydrogens (primary N) is 1. The minimum absolute atomic E-state index is 0.210. The van der Waals surface area contributed by atoms with Crippen LogP contribution in [0.5, 0.6) is 0 Å². The maximum atomic E-state index is 9.08. The standard InChI is InChI=1S/C17H19BBrN7/c1-25-9-12(7-22-25)13-8-23-26-16(21)15(19)14(24-17(13)26)6-11-2-4-18(10-20)5-3-11/h7-9,11H,2-6,21H2,1H3. The fourth-order valence-corrected chi connectivity index (χ4v) is 4.13. The minimum atomic E-state index is 0.210. The second-order valence-corrected chi connectivity index (χ2v) is 7.80. The summed E-state index contributed by atoms with van der Waals surface area (Å²) in [5, 5.41) is 17.7. The van der Waals surface area contributed by atoms with Crippen LogP contribution in [0.15, 0.2) is 23.1 Å². The molecule has 26 heavy (non-hydrogen) atoms. The Labute approximate surface area is 160 Å². The zero-order chi connectivity index (χ0) is 18.3. The average molecular weight is 412 g/mol. The quantitative estimate of drug-likeness (QED) is 0.668. The molecule has 0 saturated carbocycles. The Morgan fingerprint density at radius 2 is 2.12 bits per heavy atom. The second kappa shape index (κ2) is 6.76. The normalized spacial score (nSPS) is 15.5. The number of nitrogens with zero attached hydrogens (tertiary/aromatic N) is 6. The number of aryl methyl sites for hydroxylation is 1. The lowest BCUT2D eigenvalue weighted by Crippen LogP contribution is -2.22. The summed E-state index contributed by atoms with van der Waals surface area (Å²) in [6, 6.07) is 0. The largest absolute Gasteiger partial charge is 0.383 e. The van der Waals surface area contributed by atoms with Gasteiger partial charge in [-0.05, 0) is 28.3 Å². The molecule has 0 aromatic carbocycles. The Kier molecular flexibility index (Phi) is 4.45. The van der Waals surface area contributed by atoms with Crippen molar-refractivity contribution in [3.63, 3.8) is 0 Å². The zero-order valence-corrected chi connectivity index (χ0v) is 16.1. The van der Waals surface area contributed by atoms with Crippen LogP contribution in [0.3, 0.4) is 0 Å². The summed E-state index contributed by atoms with van der Waals surface area (Å²) >= 11 is 3.61. The molecule has 0 unspecified atom stereocenters. The highest BCUT2D eigenvalue weighted by Crippen LogP contribution is 2.33. The molecule has 1 saturated heterocycles. The monoisotopic (exact) mass is 411 g/mol. The lowest BCUT2D eigenvalue weighted by Gasteiger charge is -2.23. The summed E-state index contributed by atoms with van der Waals surface area (Å²) in [6.07, 6.45) is 10.5. The van der Waals surface area contributed by atoms with E-state index in [-0.39, 0.29) is 6.71 Å². The van der Waals surface area contributed by atoms with E-state index in [0.717, 1.165) is 58.8 Å². The summed E-state index contributed by atoms with van der Waals surface area (Å²) in [6.45, 7) is 0.210. The number of nitriles is 1. The minimum Gasteiger partial charge on any atom is -0.383 e. The van der Waals surface area contributed by atoms with Crippen LogP contribution in [-0.4, -0.2) is 31.1 Å². The van der Waals surface area contributed by atoms with Gasteiger partial charge >= 0.3 is 0 Å². The summed E-state index contributed by atoms with van der Waals surface area (Å²) in [5.74, 6) is 3.49. The van der Waals surface area contributed by atoms with Crippen molar-refractivity contribution in [2.75, 3.05) is 5.73 Å². The molecule has 7 nitrogen and oxygen atoms in total. The molecule has 0 aliphatic carbocycles. The lowest BCUT2D eigenvalue weighted by molar-refractivity contribution is 0.465. The molecule has 3 aromatic heterocycles. The average Bonchev–Trinajstić information content (AvgIpc) is 3.26. The molecular weight excluding hydrogens is 393 g/mol. The highest BCUT2D eigenvalue weighted by molar-refractivity contribution is 9.10. The van der Waals surface area contributed by atoms with E-state index in [9.17, 15) is 0 Å². The first kappa shape index (κ1) is 17.1. The van der Waals surface area contributed by atoms with Crippen molar-refractivity contribution in [3.8, 4) is 17.1 Å². The van der Waals surface area contributed by atoms with Crippen LogP contribution in [0, 0.1) is 17.1 Å². The Balaban J connectivity index is 1.69. The number of fused-ring (bicyclic) bond motifs is 1. The molecule has 2 N–H and O–H groups in total. The molecule has 4 heterocycles. The molecule has 1 fully saturated rings. The van der Waals surface area contributed by atoms with Gasteiger partial charge in [0.05, 0.1) is 22.6 Å². The van der Waals surface area contributed by atoms with E-state index in [1.165, 1.54) is 0 Å². The topological polar surface area (TPSA) is 97.8 Å². The van der Waals surface area contributed by atoms with Crippen molar-refractivity contribution in [1.29, 1.82) is 5.26 Å². The SMILES string of the molecule is Cn1cc(-c2cnn3c(N)c(Br)c(CC4CCB(C#N)CC4)nc23)cn1. The van der Waals surface area contributed by atoms with Gasteiger partial charge in [0.1, 0.15) is 5.82 Å². The van der Waals surface area contributed by atoms with Gasteiger partial charge in [-0.3, -0.25) is 4.68 Å². The molecule has 0 bridgehead atoms. The molecule has 132 valence electrons. The summed E-state index contributed by atoms with van der Waals surface area (Å²) in [5.41, 5.74) is 9.92. The van der Waals surface area contributed by atoms with E-state index in [1.54, 1.807) is 21.6 Å². The Morgan fingerprint density at radius 1 is 1.35 bits per heavy atom. The number of aromatic nitrogens is 5. The van der Waals surface area contributed by atoms with Crippen molar-refractivity contribution >= 4 is 34.1 Å². The molecule has 0 spiro atoms. The summed E-state index contributed by atoms with van der Waals surface area (Å²) in [7, 11) is 1.89. The number of hydrogen-bond donors (Lipinski definition) is 1. The molecule has 0 amide bonds. The summed E-state index contributed by atoms with van der Waals surface area (Å²) in [4.78, 5) is 4.89. The first-order chi connectivity index (χ1) is 12.6. The van der Waals surface area contributed by atoms with E-state index in [1.807, 2.05) is 13.2 Å². The van der Waals surface area contributed by atoms with Crippen molar-refractivity contribution in [2.45, 2.75) is 31.9 Å². The van der Waals surface area contributed by atoms with E-state index >= 15 is 0 Å². The first-order valence-corrected chi connectivity index (χ1v) is 9.56. The highest BCUT2D eigenvalue weighted by Gasteiger charge is 2.26. The number of anilines is 1. The smallest absolute Gasteiger partial charge is 0.267 e. The zero-order valence-electron chi connectivity index (χ0n) is 14.6. The third kappa shape index (κ3) is 2.99. The number of nitrogen functional groups attached to an aromatic ring is 1. The second-order valence-electron chi connectivity index (χ2n) is 7.00. The van der Waals surface area contributed by atoms with Gasteiger partial charge in [-0.25, -0.2) is 10.2 Å². The van der Waals surface area contributed by atoms with E-state index in [4.69, 9.17) is 16.0 Å². The maximum absolute atomic E-state index is 9.08. The van der Waals surface area contributed by atoms with Crippen molar-refractivity contribution in [1.82, 2.24) is 24.4 Å². The lowest BCUT2D eigenvalue weighted by atomic mass is 9.41. The van der Waals surface area contributed by atoms with Crippen LogP contribution in [0.4, 0.5) is 5.82 Å². The Hall–Kier alpha value is -2.34. The first-order valence-electron chi connectivity index (χ1n) is 8.77. The van der Waals surface area contributed by atoms with Gasteiger partial charge in [0.2, 0.25) is 0 Å². The van der Waals surface area contributed by atoms with E-state index < -0.39 is 0 Å². The van der Waals surface area contributed by atoms with Gasteiger partial charge in [0.25, 0.3) is 6.71 Å². The highest BCUT2D eigenvalue weighted by atomic mass is 79.9. The predicted molar refractivity (Wildman–Crippen MR) is 105 cm³/mol. The fraction of sp³-hybridized carbons (Fsp3) is 0.412. The molecular formula is C17H19BBrN7. The van der Waals surface area contributed by atoms with Crippen molar-refractivity contribution in [3.05, 3.63) is 28.8 Å². The number of halogens is 1. The van der Waals surface area contributed by atoms with Crippen LogP contribution in [0.2, 0.25) is 12.6 Å². The Morgan fingerprint density at radius 3 is 2.77 bits per heavy atom. The fourth-order valence-electron chi connectivity index (χ4n) is 3.71. The van der Waals surface area contributed by atoms with Crippen molar-refractivity contribution in [2.24, 2.45) is 13.0 Å². The molecule has 3 aromatic rings. The number of hydrogen-bond acceptors (Lipinski definition) is 5. The van der Waals surface area contributed by atoms with Gasteiger partial charge in [-0.2, -0.15) is 14.7 Å².